The van der Waals surface area contributed by atoms with Crippen molar-refractivity contribution in [2.75, 3.05) is 0 Å². The maximum Gasteiger partial charge on any atom is 0.100 e. The van der Waals surface area contributed by atoms with Crippen LogP contribution in [0.5, 0.6) is 0 Å². The molecule has 1 saturated heterocycles. The van der Waals surface area contributed by atoms with Crippen molar-refractivity contribution in [2.45, 2.75) is 57.7 Å². The number of allylic oxidation sites excluding steroid dienone is 1. The van der Waals surface area contributed by atoms with Gasteiger partial charge < -0.3 is 4.74 Å². The third kappa shape index (κ3) is 1.13. The molecule has 0 unspecified atom stereocenters. The molecule has 2 heteroatoms. The Bertz CT molecular complexity index is 324. The maximum atomic E-state index is 5.99. The lowest BCUT2D eigenvalue weighted by atomic mass is 9.63. The first kappa shape index (κ1) is 10.3. The molecule has 1 heterocycles. The maximum absolute atomic E-state index is 5.99. The van der Waals surface area contributed by atoms with Gasteiger partial charge in [0.1, 0.15) is 5.60 Å². The fraction of sp³-hybridized carbons (Fsp3) is 0.846. The molecule has 3 aliphatic rings. The van der Waals surface area contributed by atoms with Gasteiger partial charge in [0.25, 0.3) is 0 Å². The van der Waals surface area contributed by atoms with E-state index in [1.807, 2.05) is 0 Å². The number of fused-ring (bicyclic) bond motifs is 2. The van der Waals surface area contributed by atoms with E-state index in [1.165, 1.54) is 32.1 Å². The van der Waals surface area contributed by atoms with Gasteiger partial charge in [0.05, 0.1) is 6.10 Å². The summed E-state index contributed by atoms with van der Waals surface area (Å²) < 4.78 is 5.99. The van der Waals surface area contributed by atoms with E-state index in [9.17, 15) is 0 Å². The first-order chi connectivity index (χ1) is 7.14. The first-order valence-corrected chi connectivity index (χ1v) is 7.02. The third-order valence-electron chi connectivity index (χ3n) is 5.28. The van der Waals surface area contributed by atoms with E-state index in [4.69, 9.17) is 4.74 Å². The van der Waals surface area contributed by atoms with Gasteiger partial charge in [-0.1, -0.05) is 28.4 Å². The van der Waals surface area contributed by atoms with Crippen molar-refractivity contribution in [2.24, 2.45) is 11.3 Å². The van der Waals surface area contributed by atoms with Crippen LogP contribution in [-0.2, 0) is 4.74 Å². The summed E-state index contributed by atoms with van der Waals surface area (Å²) in [6.45, 7) is 4.71. The van der Waals surface area contributed by atoms with Crippen molar-refractivity contribution >= 4 is 15.9 Å². The lowest BCUT2D eigenvalue weighted by Crippen LogP contribution is -2.39. The summed E-state index contributed by atoms with van der Waals surface area (Å²) in [5, 5.41) is 0. The Morgan fingerprint density at radius 3 is 2.80 bits per heavy atom. The zero-order chi connectivity index (χ0) is 10.7. The molecule has 15 heavy (non-hydrogen) atoms. The largest absolute Gasteiger partial charge is 0.366 e. The normalized spacial score (nSPS) is 56.1. The molecule has 1 spiro atoms. The molecule has 84 valence electrons. The molecule has 3 rings (SSSR count). The van der Waals surface area contributed by atoms with E-state index >= 15 is 0 Å². The Balaban J connectivity index is 1.98. The van der Waals surface area contributed by atoms with Gasteiger partial charge in [-0.2, -0.15) is 0 Å². The molecule has 0 N–H and O–H groups in total. The van der Waals surface area contributed by atoms with Crippen LogP contribution in [0.4, 0.5) is 0 Å². The number of ether oxygens (including phenoxy) is 1. The molecule has 0 aromatic carbocycles. The van der Waals surface area contributed by atoms with Crippen LogP contribution in [0.2, 0.25) is 0 Å². The van der Waals surface area contributed by atoms with Crippen LogP contribution < -0.4 is 0 Å². The summed E-state index contributed by atoms with van der Waals surface area (Å²) in [5.41, 5.74) is 2.30. The van der Waals surface area contributed by atoms with E-state index < -0.39 is 0 Å². The average Bonchev–Trinajstić information content (AvgIpc) is 2.78. The summed E-state index contributed by atoms with van der Waals surface area (Å²) >= 11 is 3.54. The van der Waals surface area contributed by atoms with Crippen molar-refractivity contribution in [3.63, 3.8) is 0 Å². The summed E-state index contributed by atoms with van der Waals surface area (Å²) in [6, 6.07) is 0. The number of hydrogen-bond donors (Lipinski definition) is 0. The van der Waals surface area contributed by atoms with Gasteiger partial charge in [-0.15, -0.1) is 0 Å². The highest BCUT2D eigenvalue weighted by Gasteiger charge is 2.70. The second-order valence-electron chi connectivity index (χ2n) is 5.70. The molecule has 0 amide bonds. The molecule has 2 saturated carbocycles. The van der Waals surface area contributed by atoms with Gasteiger partial charge in [-0.3, -0.25) is 0 Å². The van der Waals surface area contributed by atoms with Crippen molar-refractivity contribution in [3.8, 4) is 0 Å². The van der Waals surface area contributed by atoms with E-state index in [0.29, 0.717) is 11.5 Å². The Morgan fingerprint density at radius 1 is 1.47 bits per heavy atom. The van der Waals surface area contributed by atoms with Gasteiger partial charge in [-0.05, 0) is 49.9 Å². The van der Waals surface area contributed by atoms with Gasteiger partial charge in [0.2, 0.25) is 0 Å². The van der Waals surface area contributed by atoms with Crippen molar-refractivity contribution in [1.29, 1.82) is 0 Å². The summed E-state index contributed by atoms with van der Waals surface area (Å²) in [7, 11) is 0. The van der Waals surface area contributed by atoms with Crippen molar-refractivity contribution < 1.29 is 4.74 Å². The second-order valence-corrected chi connectivity index (χ2v) is 6.15. The number of epoxide rings is 1. The zero-order valence-electron chi connectivity index (χ0n) is 9.55. The molecular weight excluding hydrogens is 252 g/mol. The van der Waals surface area contributed by atoms with E-state index in [0.717, 1.165) is 5.92 Å². The van der Waals surface area contributed by atoms with E-state index in [2.05, 4.69) is 34.8 Å². The highest BCUT2D eigenvalue weighted by atomic mass is 79.9. The monoisotopic (exact) mass is 270 g/mol. The van der Waals surface area contributed by atoms with Crippen molar-refractivity contribution in [1.82, 2.24) is 0 Å². The molecule has 4 atom stereocenters. The molecular formula is C13H19BrO. The van der Waals surface area contributed by atoms with Crippen LogP contribution in [0.3, 0.4) is 0 Å². The average molecular weight is 271 g/mol. The van der Waals surface area contributed by atoms with Crippen LogP contribution in [0.25, 0.3) is 0 Å². The summed E-state index contributed by atoms with van der Waals surface area (Å²) in [4.78, 5) is 2.18. The highest BCUT2D eigenvalue weighted by molar-refractivity contribution is 9.11. The lowest BCUT2D eigenvalue weighted by molar-refractivity contribution is 0.0946. The SMILES string of the molecule is C[C@@H]1O[C@@]12CC[C@H]1/C(=C/Br)CCC[C@@]12C. The predicted molar refractivity (Wildman–Crippen MR) is 65.0 cm³/mol. The first-order valence-electron chi connectivity index (χ1n) is 6.11. The summed E-state index contributed by atoms with van der Waals surface area (Å²) in [5.74, 6) is 0.774. The van der Waals surface area contributed by atoms with Crippen LogP contribution >= 0.6 is 15.9 Å². The fourth-order valence-corrected chi connectivity index (χ4v) is 4.89. The predicted octanol–water partition coefficient (Wildman–Crippen LogP) is 4.02. The number of halogens is 1. The lowest BCUT2D eigenvalue weighted by Gasteiger charge is -2.41. The van der Waals surface area contributed by atoms with Gasteiger partial charge >= 0.3 is 0 Å². The Hall–Kier alpha value is 0.180. The van der Waals surface area contributed by atoms with Crippen LogP contribution in [-0.4, -0.2) is 11.7 Å². The quantitative estimate of drug-likeness (QED) is 0.606. The molecule has 0 aromatic heterocycles. The molecule has 1 nitrogen and oxygen atoms in total. The fourth-order valence-electron chi connectivity index (χ4n) is 4.35. The van der Waals surface area contributed by atoms with Crippen LogP contribution in [0.15, 0.2) is 10.6 Å². The molecule has 0 bridgehead atoms. The minimum absolute atomic E-state index is 0.249. The molecule has 3 fully saturated rings. The second kappa shape index (κ2) is 3.10. The smallest absolute Gasteiger partial charge is 0.100 e. The van der Waals surface area contributed by atoms with Gasteiger partial charge in [0, 0.05) is 5.41 Å². The Kier molecular flexibility index (Phi) is 2.14. The minimum atomic E-state index is 0.249. The zero-order valence-corrected chi connectivity index (χ0v) is 11.1. The Morgan fingerprint density at radius 2 is 2.20 bits per heavy atom. The molecule has 0 aromatic rings. The van der Waals surface area contributed by atoms with Gasteiger partial charge in [0.15, 0.2) is 0 Å². The van der Waals surface area contributed by atoms with E-state index in [-0.39, 0.29) is 5.60 Å². The number of hydrogen-bond acceptors (Lipinski definition) is 1. The minimum Gasteiger partial charge on any atom is -0.366 e. The molecule has 0 radical (unpaired) electrons. The Labute approximate surface area is 100 Å². The summed E-state index contributed by atoms with van der Waals surface area (Å²) in [6.07, 6.45) is 7.09. The van der Waals surface area contributed by atoms with Crippen LogP contribution in [0, 0.1) is 11.3 Å². The molecule has 2 aliphatic carbocycles. The number of rotatable bonds is 0. The standard InChI is InChI=1S/C13H19BrO/c1-9-13(15-9)7-5-11-10(8-14)4-3-6-12(11,13)2/h8-9,11H,3-7H2,1-2H3/b10-8+/t9-,11-,12-,13-/m0/s1. The topological polar surface area (TPSA) is 12.5 Å². The third-order valence-corrected chi connectivity index (χ3v) is 5.86. The van der Waals surface area contributed by atoms with E-state index in [1.54, 1.807) is 5.57 Å². The van der Waals surface area contributed by atoms with Crippen LogP contribution in [0.1, 0.15) is 46.0 Å². The molecule has 1 aliphatic heterocycles. The van der Waals surface area contributed by atoms with Gasteiger partial charge in [-0.25, -0.2) is 0 Å². The highest BCUT2D eigenvalue weighted by Crippen LogP contribution is 2.68. The van der Waals surface area contributed by atoms with Crippen molar-refractivity contribution in [3.05, 3.63) is 10.6 Å².